The quantitative estimate of drug-likeness (QED) is 0.480. The van der Waals surface area contributed by atoms with Gasteiger partial charge in [-0.25, -0.2) is 0 Å². The van der Waals surface area contributed by atoms with Crippen LogP contribution in [0.15, 0.2) is 36.4 Å². The minimum Gasteiger partial charge on any atom is -0.397 e. The van der Waals surface area contributed by atoms with Gasteiger partial charge in [0.25, 0.3) is 0 Å². The van der Waals surface area contributed by atoms with Gasteiger partial charge in [0.05, 0.1) is 11.3 Å². The Morgan fingerprint density at radius 3 is 2.42 bits per heavy atom. The second-order valence-corrected chi connectivity index (χ2v) is 4.86. The highest BCUT2D eigenvalue weighted by Gasteiger charge is 2.14. The lowest BCUT2D eigenvalue weighted by Crippen LogP contribution is -1.99. The Hall–Kier alpha value is -2.53. The van der Waals surface area contributed by atoms with Crippen molar-refractivity contribution in [3.05, 3.63) is 53.1 Å². The normalized spacial score (nSPS) is 10.8. The monoisotopic (exact) mass is 246 g/mol. The van der Waals surface area contributed by atoms with Crippen molar-refractivity contribution in [3.63, 3.8) is 0 Å². The van der Waals surface area contributed by atoms with E-state index in [4.69, 9.17) is 5.73 Å². The summed E-state index contributed by atoms with van der Waals surface area (Å²) in [5, 5.41) is 13.7. The Morgan fingerprint density at radius 1 is 0.947 bits per heavy atom. The molecule has 0 bridgehead atoms. The van der Waals surface area contributed by atoms with E-state index < -0.39 is 0 Å². The maximum Gasteiger partial charge on any atom is 0.102 e. The van der Waals surface area contributed by atoms with Gasteiger partial charge in [0.1, 0.15) is 6.07 Å². The van der Waals surface area contributed by atoms with Crippen LogP contribution in [0.25, 0.3) is 21.5 Å². The van der Waals surface area contributed by atoms with E-state index in [1.165, 1.54) is 0 Å². The summed E-state index contributed by atoms with van der Waals surface area (Å²) in [4.78, 5) is 0. The molecular weight excluding hydrogens is 232 g/mol. The van der Waals surface area contributed by atoms with Crippen LogP contribution in [0.3, 0.4) is 0 Å². The molecule has 3 aromatic rings. The molecule has 92 valence electrons. The number of nitrogens with two attached hydrogens (primary N) is 1. The Morgan fingerprint density at radius 2 is 1.68 bits per heavy atom. The van der Waals surface area contributed by atoms with E-state index in [1.807, 2.05) is 26.0 Å². The van der Waals surface area contributed by atoms with Gasteiger partial charge in [-0.15, -0.1) is 0 Å². The first-order valence-corrected chi connectivity index (χ1v) is 6.25. The minimum absolute atomic E-state index is 0.595. The molecule has 0 aromatic heterocycles. The zero-order valence-corrected chi connectivity index (χ0v) is 11.0. The summed E-state index contributed by atoms with van der Waals surface area (Å²) >= 11 is 0. The van der Waals surface area contributed by atoms with Crippen LogP contribution in [0, 0.1) is 25.2 Å². The predicted octanol–water partition coefficient (Wildman–Crippen LogP) is 4.06. The largest absolute Gasteiger partial charge is 0.397 e. The number of nitriles is 1. The van der Waals surface area contributed by atoms with Crippen molar-refractivity contribution in [1.82, 2.24) is 0 Å². The number of aryl methyl sites for hydroxylation is 1. The molecule has 3 aromatic carbocycles. The second-order valence-electron chi connectivity index (χ2n) is 4.86. The number of hydrogen-bond acceptors (Lipinski definition) is 2. The Kier molecular flexibility index (Phi) is 2.43. The molecule has 0 aliphatic carbocycles. The first-order valence-electron chi connectivity index (χ1n) is 6.25. The molecule has 0 spiro atoms. The second kappa shape index (κ2) is 4.00. The zero-order valence-electron chi connectivity index (χ0n) is 11.0. The highest BCUT2D eigenvalue weighted by Crippen LogP contribution is 2.36. The van der Waals surface area contributed by atoms with E-state index in [0.29, 0.717) is 11.3 Å². The summed E-state index contributed by atoms with van der Waals surface area (Å²) in [6.45, 7) is 4.01. The van der Waals surface area contributed by atoms with Crippen molar-refractivity contribution < 1.29 is 0 Å². The molecule has 0 saturated carbocycles. The van der Waals surface area contributed by atoms with Gasteiger partial charge in [-0.2, -0.15) is 5.26 Å². The van der Waals surface area contributed by atoms with Gasteiger partial charge in [0, 0.05) is 5.39 Å². The van der Waals surface area contributed by atoms with Crippen LogP contribution in [0.4, 0.5) is 5.69 Å². The van der Waals surface area contributed by atoms with Gasteiger partial charge in [-0.1, -0.05) is 36.4 Å². The molecule has 0 aliphatic rings. The summed E-state index contributed by atoms with van der Waals surface area (Å²) in [7, 11) is 0. The van der Waals surface area contributed by atoms with Crippen LogP contribution >= 0.6 is 0 Å². The van der Waals surface area contributed by atoms with E-state index in [0.717, 1.165) is 32.7 Å². The van der Waals surface area contributed by atoms with Crippen molar-refractivity contribution in [2.75, 3.05) is 5.73 Å². The van der Waals surface area contributed by atoms with Crippen molar-refractivity contribution >= 4 is 27.2 Å². The molecule has 0 atom stereocenters. The molecule has 3 rings (SSSR count). The lowest BCUT2D eigenvalue weighted by atomic mass is 9.91. The zero-order chi connectivity index (χ0) is 13.6. The fraction of sp³-hybridized carbons (Fsp3) is 0.118. The van der Waals surface area contributed by atoms with Gasteiger partial charge in [-0.3, -0.25) is 0 Å². The van der Waals surface area contributed by atoms with E-state index in [9.17, 15) is 5.26 Å². The number of nitrogens with zero attached hydrogens (tertiary/aromatic N) is 1. The fourth-order valence-corrected chi connectivity index (χ4v) is 2.73. The first-order chi connectivity index (χ1) is 9.15. The van der Waals surface area contributed by atoms with E-state index in [-0.39, 0.29) is 0 Å². The van der Waals surface area contributed by atoms with Crippen LogP contribution in [0.2, 0.25) is 0 Å². The summed E-state index contributed by atoms with van der Waals surface area (Å²) in [5.41, 5.74) is 9.54. The number of rotatable bonds is 0. The molecular formula is C17H14N2. The number of nitrogen functional groups attached to an aromatic ring is 1. The lowest BCUT2D eigenvalue weighted by Gasteiger charge is -2.14. The van der Waals surface area contributed by atoms with Crippen molar-refractivity contribution in [2.45, 2.75) is 13.8 Å². The minimum atomic E-state index is 0.595. The SMILES string of the molecule is Cc1c(C#N)c(N)c2c(ccc3ccccc32)c1C. The topological polar surface area (TPSA) is 49.8 Å². The molecule has 2 nitrogen and oxygen atoms in total. The third-order valence-electron chi connectivity index (χ3n) is 3.92. The van der Waals surface area contributed by atoms with Crippen LogP contribution in [-0.2, 0) is 0 Å². The first kappa shape index (κ1) is 11.6. The lowest BCUT2D eigenvalue weighted by molar-refractivity contribution is 1.34. The number of fused-ring (bicyclic) bond motifs is 3. The molecule has 19 heavy (non-hydrogen) atoms. The number of benzene rings is 3. The average molecular weight is 246 g/mol. The van der Waals surface area contributed by atoms with Crippen molar-refractivity contribution in [3.8, 4) is 6.07 Å². The van der Waals surface area contributed by atoms with E-state index in [1.54, 1.807) is 0 Å². The van der Waals surface area contributed by atoms with Crippen molar-refractivity contribution in [1.29, 1.82) is 5.26 Å². The smallest absolute Gasteiger partial charge is 0.102 e. The standard InChI is InChI=1S/C17H14N2/c1-10-11(2)15(9-18)17(19)16-13(10)8-7-12-5-3-4-6-14(12)16/h3-8H,19H2,1-2H3. The van der Waals surface area contributed by atoms with Gasteiger partial charge in [0.15, 0.2) is 0 Å². The Bertz CT molecular complexity index is 855. The Balaban J connectivity index is 2.67. The molecule has 0 heterocycles. The molecule has 0 aliphatic heterocycles. The number of anilines is 1. The number of hydrogen-bond donors (Lipinski definition) is 1. The van der Waals surface area contributed by atoms with Gasteiger partial charge < -0.3 is 5.73 Å². The maximum absolute atomic E-state index is 9.33. The Labute approximate surface area is 112 Å². The molecule has 2 heteroatoms. The van der Waals surface area contributed by atoms with Gasteiger partial charge in [0.2, 0.25) is 0 Å². The maximum atomic E-state index is 9.33. The highest BCUT2D eigenvalue weighted by molar-refractivity contribution is 6.15. The summed E-state index contributed by atoms with van der Waals surface area (Å²) in [5.74, 6) is 0. The van der Waals surface area contributed by atoms with Crippen LogP contribution < -0.4 is 5.73 Å². The average Bonchev–Trinajstić information content (AvgIpc) is 2.44. The molecule has 0 saturated heterocycles. The third-order valence-corrected chi connectivity index (χ3v) is 3.92. The summed E-state index contributed by atoms with van der Waals surface area (Å²) in [6, 6.07) is 14.6. The highest BCUT2D eigenvalue weighted by atomic mass is 14.6. The molecule has 0 unspecified atom stereocenters. The van der Waals surface area contributed by atoms with E-state index >= 15 is 0 Å². The van der Waals surface area contributed by atoms with Gasteiger partial charge >= 0.3 is 0 Å². The van der Waals surface area contributed by atoms with E-state index in [2.05, 4.69) is 30.3 Å². The van der Waals surface area contributed by atoms with Crippen molar-refractivity contribution in [2.24, 2.45) is 0 Å². The van der Waals surface area contributed by atoms with Gasteiger partial charge in [-0.05, 0) is 41.1 Å². The van der Waals surface area contributed by atoms with Crippen LogP contribution in [0.1, 0.15) is 16.7 Å². The molecule has 0 fully saturated rings. The summed E-state index contributed by atoms with van der Waals surface area (Å²) in [6.07, 6.45) is 0. The summed E-state index contributed by atoms with van der Waals surface area (Å²) < 4.78 is 0. The molecule has 2 N–H and O–H groups in total. The van der Waals surface area contributed by atoms with Crippen LogP contribution in [0.5, 0.6) is 0 Å². The molecule has 0 radical (unpaired) electrons. The van der Waals surface area contributed by atoms with Crippen LogP contribution in [-0.4, -0.2) is 0 Å². The third kappa shape index (κ3) is 1.49. The molecule has 0 amide bonds. The predicted molar refractivity (Wildman–Crippen MR) is 80.1 cm³/mol. The fourth-order valence-electron chi connectivity index (χ4n) is 2.73.